The van der Waals surface area contributed by atoms with Crippen LogP contribution in [-0.4, -0.2) is 10.2 Å². The zero-order chi connectivity index (χ0) is 7.52. The van der Waals surface area contributed by atoms with E-state index in [0.717, 1.165) is 5.56 Å². The molecule has 0 spiro atoms. The van der Waals surface area contributed by atoms with Crippen LogP contribution in [0.25, 0.3) is 11.5 Å². The Hall–Kier alpha value is -1.64. The normalized spacial score (nSPS) is 9.82. The van der Waals surface area contributed by atoms with E-state index >= 15 is 0 Å². The third-order valence-electron chi connectivity index (χ3n) is 1.34. The van der Waals surface area contributed by atoms with Gasteiger partial charge in [0.15, 0.2) is 0 Å². The zero-order valence-corrected chi connectivity index (χ0v) is 5.69. The summed E-state index contributed by atoms with van der Waals surface area (Å²) >= 11 is 0. The first-order valence-corrected chi connectivity index (χ1v) is 3.22. The molecular formula is C8H5N2O. The number of nitrogens with zero attached hydrogens (tertiary/aromatic N) is 2. The molecule has 1 aromatic heterocycles. The van der Waals surface area contributed by atoms with E-state index in [1.807, 2.05) is 30.3 Å². The minimum absolute atomic E-state index is 0.505. The molecule has 0 N–H and O–H groups in total. The van der Waals surface area contributed by atoms with Crippen LogP contribution in [0.5, 0.6) is 0 Å². The largest absolute Gasteiger partial charge is 0.412 e. The average molecular weight is 145 g/mol. The molecular weight excluding hydrogens is 140 g/mol. The summed E-state index contributed by atoms with van der Waals surface area (Å²) in [5, 5.41) is 7.17. The molecule has 1 heterocycles. The van der Waals surface area contributed by atoms with Gasteiger partial charge in [-0.1, -0.05) is 18.2 Å². The van der Waals surface area contributed by atoms with Gasteiger partial charge in [0, 0.05) is 5.56 Å². The van der Waals surface area contributed by atoms with Crippen molar-refractivity contribution in [3.05, 3.63) is 36.7 Å². The molecule has 0 amide bonds. The molecule has 0 atom stereocenters. The lowest BCUT2D eigenvalue weighted by atomic mass is 10.2. The highest BCUT2D eigenvalue weighted by molar-refractivity contribution is 5.51. The molecule has 2 rings (SSSR count). The highest BCUT2D eigenvalue weighted by Gasteiger charge is 1.99. The lowest BCUT2D eigenvalue weighted by Crippen LogP contribution is -1.75. The van der Waals surface area contributed by atoms with Gasteiger partial charge in [-0.3, -0.25) is 0 Å². The van der Waals surface area contributed by atoms with Crippen molar-refractivity contribution in [1.29, 1.82) is 0 Å². The molecule has 0 bridgehead atoms. The fraction of sp³-hybridized carbons (Fsp3) is 0. The maximum atomic E-state index is 4.87. The van der Waals surface area contributed by atoms with E-state index in [-0.39, 0.29) is 0 Å². The second kappa shape index (κ2) is 2.54. The predicted octanol–water partition coefficient (Wildman–Crippen LogP) is 1.54. The minimum atomic E-state index is 0.505. The highest BCUT2D eigenvalue weighted by atomic mass is 16.4. The van der Waals surface area contributed by atoms with Crippen molar-refractivity contribution in [2.75, 3.05) is 0 Å². The lowest BCUT2D eigenvalue weighted by molar-refractivity contribution is 0.559. The number of benzene rings is 1. The van der Waals surface area contributed by atoms with Crippen LogP contribution in [0.2, 0.25) is 0 Å². The van der Waals surface area contributed by atoms with Gasteiger partial charge in [0.05, 0.1) is 0 Å². The summed E-state index contributed by atoms with van der Waals surface area (Å²) in [6.07, 6.45) is 2.29. The van der Waals surface area contributed by atoms with Gasteiger partial charge in [-0.2, -0.15) is 0 Å². The molecule has 53 valence electrons. The van der Waals surface area contributed by atoms with E-state index < -0.39 is 0 Å². The van der Waals surface area contributed by atoms with E-state index in [4.69, 9.17) is 4.42 Å². The van der Waals surface area contributed by atoms with Crippen LogP contribution in [-0.2, 0) is 0 Å². The number of rotatable bonds is 1. The smallest absolute Gasteiger partial charge is 0.306 e. The molecule has 2 aromatic rings. The monoisotopic (exact) mass is 145 g/mol. The molecule has 11 heavy (non-hydrogen) atoms. The number of hydrogen-bond donors (Lipinski definition) is 0. The summed E-state index contributed by atoms with van der Waals surface area (Å²) in [7, 11) is 0. The summed E-state index contributed by atoms with van der Waals surface area (Å²) in [6, 6.07) is 9.57. The zero-order valence-electron chi connectivity index (χ0n) is 5.69. The topological polar surface area (TPSA) is 38.9 Å². The Labute approximate surface area is 63.7 Å². The molecule has 0 aliphatic carbocycles. The van der Waals surface area contributed by atoms with Gasteiger partial charge in [0.2, 0.25) is 5.89 Å². The predicted molar refractivity (Wildman–Crippen MR) is 38.6 cm³/mol. The summed E-state index contributed by atoms with van der Waals surface area (Å²) in [4.78, 5) is 0. The van der Waals surface area contributed by atoms with E-state index in [0.29, 0.717) is 5.89 Å². The van der Waals surface area contributed by atoms with Gasteiger partial charge in [-0.25, -0.2) is 0 Å². The second-order valence-electron chi connectivity index (χ2n) is 2.06. The number of aromatic nitrogens is 2. The van der Waals surface area contributed by atoms with Crippen LogP contribution >= 0.6 is 0 Å². The van der Waals surface area contributed by atoms with Gasteiger partial charge in [-0.15, -0.1) is 10.2 Å². The van der Waals surface area contributed by atoms with Gasteiger partial charge >= 0.3 is 6.39 Å². The van der Waals surface area contributed by atoms with Crippen LogP contribution in [0.3, 0.4) is 0 Å². The van der Waals surface area contributed by atoms with Crippen molar-refractivity contribution < 1.29 is 4.42 Å². The van der Waals surface area contributed by atoms with Crippen LogP contribution in [0, 0.1) is 6.39 Å². The standard InChI is InChI=1S/C8H5N2O/c1-2-4-7(5-3-1)8-10-9-6-11-8/h1-5H. The van der Waals surface area contributed by atoms with Crippen LogP contribution in [0.15, 0.2) is 34.7 Å². The van der Waals surface area contributed by atoms with Crippen molar-refractivity contribution in [1.82, 2.24) is 10.2 Å². The van der Waals surface area contributed by atoms with E-state index in [1.54, 1.807) is 0 Å². The van der Waals surface area contributed by atoms with Crippen LogP contribution in [0.4, 0.5) is 0 Å². The molecule has 0 aliphatic heterocycles. The fourth-order valence-electron chi connectivity index (χ4n) is 0.847. The van der Waals surface area contributed by atoms with Gasteiger partial charge < -0.3 is 4.42 Å². The first kappa shape index (κ1) is 6.09. The summed E-state index contributed by atoms with van der Waals surface area (Å²) in [5.41, 5.74) is 0.918. The van der Waals surface area contributed by atoms with Crippen molar-refractivity contribution in [3.8, 4) is 11.5 Å². The average Bonchev–Trinajstić information content (AvgIpc) is 2.58. The van der Waals surface area contributed by atoms with Crippen molar-refractivity contribution in [2.24, 2.45) is 0 Å². The van der Waals surface area contributed by atoms with Crippen molar-refractivity contribution in [2.45, 2.75) is 0 Å². The first-order chi connectivity index (χ1) is 5.47. The summed E-state index contributed by atoms with van der Waals surface area (Å²) in [6.45, 7) is 0. The van der Waals surface area contributed by atoms with Gasteiger partial charge in [0.25, 0.3) is 0 Å². The Morgan fingerprint density at radius 3 is 2.64 bits per heavy atom. The van der Waals surface area contributed by atoms with Crippen molar-refractivity contribution in [3.63, 3.8) is 0 Å². The van der Waals surface area contributed by atoms with Crippen LogP contribution < -0.4 is 0 Å². The van der Waals surface area contributed by atoms with E-state index in [1.165, 1.54) is 0 Å². The maximum absolute atomic E-state index is 4.87. The number of hydrogen-bond acceptors (Lipinski definition) is 3. The van der Waals surface area contributed by atoms with Crippen molar-refractivity contribution >= 4 is 0 Å². The molecule has 0 aliphatic rings. The Morgan fingerprint density at radius 2 is 2.00 bits per heavy atom. The highest BCUT2D eigenvalue weighted by Crippen LogP contribution is 2.13. The summed E-state index contributed by atoms with van der Waals surface area (Å²) < 4.78 is 4.87. The molecule has 0 fully saturated rings. The third-order valence-corrected chi connectivity index (χ3v) is 1.34. The summed E-state index contributed by atoms with van der Waals surface area (Å²) in [5.74, 6) is 0.505. The molecule has 1 aromatic carbocycles. The first-order valence-electron chi connectivity index (χ1n) is 3.22. The second-order valence-corrected chi connectivity index (χ2v) is 2.06. The molecule has 0 saturated carbocycles. The lowest BCUT2D eigenvalue weighted by Gasteiger charge is -1.89. The SMILES string of the molecule is [c]1nnc(-c2ccccc2)o1. The third kappa shape index (κ3) is 1.12. The quantitative estimate of drug-likeness (QED) is 0.610. The molecule has 3 heteroatoms. The Kier molecular flexibility index (Phi) is 1.41. The van der Waals surface area contributed by atoms with Gasteiger partial charge in [-0.05, 0) is 12.1 Å². The molecule has 0 unspecified atom stereocenters. The van der Waals surface area contributed by atoms with E-state index in [2.05, 4.69) is 16.6 Å². The van der Waals surface area contributed by atoms with E-state index in [9.17, 15) is 0 Å². The molecule has 0 saturated heterocycles. The Morgan fingerprint density at radius 1 is 1.18 bits per heavy atom. The minimum Gasteiger partial charge on any atom is -0.412 e. The fourth-order valence-corrected chi connectivity index (χ4v) is 0.847. The van der Waals surface area contributed by atoms with Crippen LogP contribution in [0.1, 0.15) is 0 Å². The van der Waals surface area contributed by atoms with Gasteiger partial charge in [0.1, 0.15) is 0 Å². The molecule has 1 radical (unpaired) electrons. The Bertz CT molecular complexity index is 315. The maximum Gasteiger partial charge on any atom is 0.306 e. The Balaban J connectivity index is 2.46. The molecule has 3 nitrogen and oxygen atoms in total.